The first kappa shape index (κ1) is 13.6. The second-order valence-electron chi connectivity index (χ2n) is 3.33. The van der Waals surface area contributed by atoms with Crippen molar-refractivity contribution in [2.24, 2.45) is 0 Å². The zero-order valence-corrected chi connectivity index (χ0v) is 8.61. The largest absolute Gasteiger partial charge is 0.481 e. The first-order valence-corrected chi connectivity index (χ1v) is 4.65. The van der Waals surface area contributed by atoms with Gasteiger partial charge in [-0.3, -0.25) is 9.59 Å². The number of carboxylic acid groups (broad SMARTS) is 1. The lowest BCUT2D eigenvalue weighted by Gasteiger charge is -2.23. The first-order chi connectivity index (χ1) is 6.96. The van der Waals surface area contributed by atoms with Crippen LogP contribution in [0.3, 0.4) is 0 Å². The SMILES string of the molecule is C=CCC(O)(CC=C)C(=O)CCC(=O)O. The van der Waals surface area contributed by atoms with Crippen LogP contribution in [0, 0.1) is 0 Å². The van der Waals surface area contributed by atoms with Crippen LogP contribution in [-0.2, 0) is 9.59 Å². The molecule has 0 spiro atoms. The van der Waals surface area contributed by atoms with Crippen LogP contribution in [0.15, 0.2) is 25.3 Å². The molecule has 0 rings (SSSR count). The predicted molar refractivity (Wildman–Crippen MR) is 56.5 cm³/mol. The van der Waals surface area contributed by atoms with Gasteiger partial charge in [0.15, 0.2) is 5.78 Å². The lowest BCUT2D eigenvalue weighted by molar-refractivity contribution is -0.142. The van der Waals surface area contributed by atoms with E-state index < -0.39 is 17.4 Å². The normalized spacial score (nSPS) is 10.7. The summed E-state index contributed by atoms with van der Waals surface area (Å²) in [6, 6.07) is 0. The molecule has 0 aliphatic heterocycles. The molecule has 0 aromatic rings. The van der Waals surface area contributed by atoms with Gasteiger partial charge in [0.05, 0.1) is 6.42 Å². The Balaban J connectivity index is 4.46. The topological polar surface area (TPSA) is 74.6 Å². The molecule has 2 N–H and O–H groups in total. The second-order valence-corrected chi connectivity index (χ2v) is 3.33. The van der Waals surface area contributed by atoms with Crippen molar-refractivity contribution in [3.63, 3.8) is 0 Å². The predicted octanol–water partition coefficient (Wildman–Crippen LogP) is 1.30. The van der Waals surface area contributed by atoms with E-state index in [1.165, 1.54) is 12.2 Å². The molecule has 0 amide bonds. The highest BCUT2D eigenvalue weighted by Gasteiger charge is 2.32. The third-order valence-electron chi connectivity index (χ3n) is 2.05. The van der Waals surface area contributed by atoms with E-state index in [-0.39, 0.29) is 25.7 Å². The Bertz CT molecular complexity index is 258. The van der Waals surface area contributed by atoms with Crippen LogP contribution in [0.2, 0.25) is 0 Å². The van der Waals surface area contributed by atoms with E-state index in [9.17, 15) is 14.7 Å². The Hall–Kier alpha value is -1.42. The number of carbonyl (C=O) groups excluding carboxylic acids is 1. The van der Waals surface area contributed by atoms with Gasteiger partial charge in [0.25, 0.3) is 0 Å². The molecule has 4 heteroatoms. The van der Waals surface area contributed by atoms with E-state index >= 15 is 0 Å². The van der Waals surface area contributed by atoms with E-state index in [0.29, 0.717) is 0 Å². The van der Waals surface area contributed by atoms with Gasteiger partial charge in [-0.2, -0.15) is 0 Å². The Morgan fingerprint density at radius 3 is 1.93 bits per heavy atom. The summed E-state index contributed by atoms with van der Waals surface area (Å²) in [5.41, 5.74) is -1.54. The molecule has 0 aromatic carbocycles. The maximum atomic E-state index is 11.5. The van der Waals surface area contributed by atoms with Gasteiger partial charge in [0.2, 0.25) is 0 Å². The minimum atomic E-state index is -1.54. The van der Waals surface area contributed by atoms with Crippen molar-refractivity contribution in [2.45, 2.75) is 31.3 Å². The maximum absolute atomic E-state index is 11.5. The summed E-state index contributed by atoms with van der Waals surface area (Å²) < 4.78 is 0. The maximum Gasteiger partial charge on any atom is 0.303 e. The summed E-state index contributed by atoms with van der Waals surface area (Å²) in [5, 5.41) is 18.3. The molecule has 0 bridgehead atoms. The number of Topliss-reactive ketones (excluding diaryl/α,β-unsaturated/α-hetero) is 1. The van der Waals surface area contributed by atoms with Crippen molar-refractivity contribution in [3.05, 3.63) is 25.3 Å². The number of aliphatic hydroxyl groups is 1. The molecule has 15 heavy (non-hydrogen) atoms. The van der Waals surface area contributed by atoms with Crippen molar-refractivity contribution in [1.82, 2.24) is 0 Å². The average Bonchev–Trinajstić information content (AvgIpc) is 2.14. The quantitative estimate of drug-likeness (QED) is 0.595. The number of carboxylic acids is 1. The first-order valence-electron chi connectivity index (χ1n) is 4.65. The van der Waals surface area contributed by atoms with Gasteiger partial charge in [-0.1, -0.05) is 12.2 Å². The summed E-state index contributed by atoms with van der Waals surface area (Å²) in [6.45, 7) is 6.89. The molecule has 0 atom stereocenters. The molecule has 84 valence electrons. The standard InChI is InChI=1S/C11H16O4/c1-3-7-11(15,8-4-2)9(12)5-6-10(13)14/h3-4,15H,1-2,5-8H2,(H,13,14). The zero-order valence-electron chi connectivity index (χ0n) is 8.61. The van der Waals surface area contributed by atoms with Crippen LogP contribution in [-0.4, -0.2) is 27.6 Å². The van der Waals surface area contributed by atoms with Crippen molar-refractivity contribution in [3.8, 4) is 0 Å². The van der Waals surface area contributed by atoms with Gasteiger partial charge in [0, 0.05) is 19.3 Å². The van der Waals surface area contributed by atoms with E-state index in [2.05, 4.69) is 13.2 Å². The molecule has 0 unspecified atom stereocenters. The van der Waals surface area contributed by atoms with Crippen LogP contribution in [0.4, 0.5) is 0 Å². The molecular weight excluding hydrogens is 196 g/mol. The summed E-state index contributed by atoms with van der Waals surface area (Å²) in [4.78, 5) is 21.8. The van der Waals surface area contributed by atoms with Gasteiger partial charge in [-0.25, -0.2) is 0 Å². The highest BCUT2D eigenvalue weighted by molar-refractivity contribution is 5.89. The van der Waals surface area contributed by atoms with Crippen molar-refractivity contribution in [2.75, 3.05) is 0 Å². The van der Waals surface area contributed by atoms with Crippen LogP contribution < -0.4 is 0 Å². The number of rotatable bonds is 8. The summed E-state index contributed by atoms with van der Waals surface area (Å²) in [6.07, 6.45) is 2.64. The van der Waals surface area contributed by atoms with Gasteiger partial charge in [-0.15, -0.1) is 13.2 Å². The molecule has 0 fully saturated rings. The lowest BCUT2D eigenvalue weighted by atomic mass is 9.88. The van der Waals surface area contributed by atoms with E-state index in [1.54, 1.807) is 0 Å². The fourth-order valence-electron chi connectivity index (χ4n) is 1.24. The van der Waals surface area contributed by atoms with E-state index in [0.717, 1.165) is 0 Å². The Labute approximate surface area is 88.9 Å². The van der Waals surface area contributed by atoms with Crippen molar-refractivity contribution in [1.29, 1.82) is 0 Å². The molecule has 0 aliphatic rings. The molecule has 0 saturated carbocycles. The van der Waals surface area contributed by atoms with Gasteiger partial charge < -0.3 is 10.2 Å². The molecule has 0 heterocycles. The Morgan fingerprint density at radius 1 is 1.13 bits per heavy atom. The minimum absolute atomic E-state index is 0.109. The molecular formula is C11H16O4. The third-order valence-corrected chi connectivity index (χ3v) is 2.05. The molecule has 4 nitrogen and oxygen atoms in total. The number of hydrogen-bond donors (Lipinski definition) is 2. The van der Waals surface area contributed by atoms with Crippen LogP contribution in [0.1, 0.15) is 25.7 Å². The van der Waals surface area contributed by atoms with Gasteiger partial charge in [0.1, 0.15) is 5.60 Å². The Morgan fingerprint density at radius 2 is 1.60 bits per heavy atom. The van der Waals surface area contributed by atoms with Crippen molar-refractivity contribution >= 4 is 11.8 Å². The number of ketones is 1. The van der Waals surface area contributed by atoms with Crippen LogP contribution in [0.25, 0.3) is 0 Å². The fraction of sp³-hybridized carbons (Fsp3) is 0.455. The molecule has 0 aliphatic carbocycles. The summed E-state index contributed by atoms with van der Waals surface area (Å²) >= 11 is 0. The van der Waals surface area contributed by atoms with Crippen LogP contribution >= 0.6 is 0 Å². The summed E-state index contributed by atoms with van der Waals surface area (Å²) in [7, 11) is 0. The third kappa shape index (κ3) is 4.56. The van der Waals surface area contributed by atoms with Gasteiger partial charge in [-0.05, 0) is 0 Å². The number of aliphatic carboxylic acids is 1. The lowest BCUT2D eigenvalue weighted by Crippen LogP contribution is -2.37. The molecule has 0 radical (unpaired) electrons. The second kappa shape index (κ2) is 6.14. The van der Waals surface area contributed by atoms with E-state index in [4.69, 9.17) is 5.11 Å². The van der Waals surface area contributed by atoms with Crippen molar-refractivity contribution < 1.29 is 19.8 Å². The Kier molecular flexibility index (Phi) is 5.56. The van der Waals surface area contributed by atoms with Crippen LogP contribution in [0.5, 0.6) is 0 Å². The number of carbonyl (C=O) groups is 2. The molecule has 0 aromatic heterocycles. The zero-order chi connectivity index (χ0) is 11.9. The molecule has 0 saturated heterocycles. The average molecular weight is 212 g/mol. The van der Waals surface area contributed by atoms with E-state index in [1.807, 2.05) is 0 Å². The smallest absolute Gasteiger partial charge is 0.303 e. The summed E-state index contributed by atoms with van der Waals surface area (Å²) in [5.74, 6) is -1.53. The highest BCUT2D eigenvalue weighted by Crippen LogP contribution is 2.20. The number of hydrogen-bond acceptors (Lipinski definition) is 3. The monoisotopic (exact) mass is 212 g/mol. The highest BCUT2D eigenvalue weighted by atomic mass is 16.4. The fourth-order valence-corrected chi connectivity index (χ4v) is 1.24. The minimum Gasteiger partial charge on any atom is -0.481 e. The van der Waals surface area contributed by atoms with Gasteiger partial charge >= 0.3 is 5.97 Å².